The molecular weight excluding hydrogens is 621 g/mol. The van der Waals surface area contributed by atoms with Crippen molar-refractivity contribution in [2.24, 2.45) is 5.92 Å². The van der Waals surface area contributed by atoms with Gasteiger partial charge in [-0.05, 0) is 38.0 Å². The highest BCUT2D eigenvalue weighted by Crippen LogP contribution is 2.35. The molecule has 2 aromatic rings. The highest BCUT2D eigenvalue weighted by atomic mass is 127. The Labute approximate surface area is 200 Å². The number of rotatable bonds is 8. The summed E-state index contributed by atoms with van der Waals surface area (Å²) < 4.78 is 22.3. The number of nitrogens with zero attached hydrogens (tertiary/aromatic N) is 2. The molecule has 0 unspecified atom stereocenters. The number of hydrogen-bond donors (Lipinski definition) is 2. The quantitative estimate of drug-likeness (QED) is 0.336. The number of anilines is 1. The van der Waals surface area contributed by atoms with Crippen LogP contribution in [0.15, 0.2) is 24.3 Å². The number of methoxy groups -OCH3 is 1. The van der Waals surface area contributed by atoms with E-state index in [0.29, 0.717) is 22.8 Å². The van der Waals surface area contributed by atoms with Gasteiger partial charge in [0.15, 0.2) is 0 Å². The van der Waals surface area contributed by atoms with E-state index < -0.39 is 7.78 Å². The summed E-state index contributed by atoms with van der Waals surface area (Å²) >= 11 is 3.05. The Hall–Kier alpha value is -1.77. The van der Waals surface area contributed by atoms with Crippen LogP contribution in [0.3, 0.4) is 0 Å². The third-order valence-electron chi connectivity index (χ3n) is 4.20. The minimum atomic E-state index is -1.88. The molecule has 0 aliphatic heterocycles. The number of carbonyl (C=O) groups is 2. The van der Waals surface area contributed by atoms with Gasteiger partial charge in [0.2, 0.25) is 11.9 Å². The smallest absolute Gasteiger partial charge is 0.350 e. The maximum absolute atomic E-state index is 13.7. The lowest BCUT2D eigenvalue weighted by molar-refractivity contribution is -0.117. The highest BCUT2D eigenvalue weighted by Gasteiger charge is 2.30. The number of ether oxygens (including phenoxy) is 2. The molecule has 3 rings (SSSR count). The molecular formula is C19H19FI2N4O4. The van der Waals surface area contributed by atoms with Crippen molar-refractivity contribution in [1.29, 1.82) is 0 Å². The van der Waals surface area contributed by atoms with Crippen LogP contribution in [0.1, 0.15) is 34.6 Å². The van der Waals surface area contributed by atoms with Gasteiger partial charge in [0.25, 0.3) is 5.91 Å². The summed E-state index contributed by atoms with van der Waals surface area (Å²) in [6.07, 6.45) is 1.72. The Morgan fingerprint density at radius 3 is 2.63 bits per heavy atom. The van der Waals surface area contributed by atoms with Crippen LogP contribution in [0.2, 0.25) is 0 Å². The first-order valence-corrected chi connectivity index (χ1v) is 11.2. The molecule has 8 nitrogen and oxygen atoms in total. The molecule has 1 aliphatic carbocycles. The number of carbonyl (C=O) groups excluding carboxylic acids is 2. The fourth-order valence-corrected chi connectivity index (χ4v) is 3.14. The molecule has 1 aromatic carbocycles. The lowest BCUT2D eigenvalue weighted by atomic mass is 10.2. The molecule has 1 saturated carbocycles. The standard InChI is InChI=1S/C19H19FI2N4O4/c1-10-7-14(25-18(24-10)26-16(27)11-3-4-11)17(28)23-9-12-5-6-13(8-15(12)29-2)30-19(20,21)22/h5-8,11H,3-4,9H2,1-2H3,(H,23,28)(H,24,25,26,27). The number of alkyl halides is 3. The van der Waals surface area contributed by atoms with Crippen LogP contribution >= 0.6 is 45.2 Å². The minimum absolute atomic E-state index is 0.00719. The topological polar surface area (TPSA) is 102 Å². The minimum Gasteiger partial charge on any atom is -0.496 e. The molecule has 0 spiro atoms. The maximum Gasteiger partial charge on any atom is 0.350 e. The van der Waals surface area contributed by atoms with E-state index in [4.69, 9.17) is 9.47 Å². The molecule has 0 radical (unpaired) electrons. The molecule has 1 aromatic heterocycles. The van der Waals surface area contributed by atoms with Crippen LogP contribution in [0.4, 0.5) is 10.3 Å². The molecule has 1 fully saturated rings. The summed E-state index contributed by atoms with van der Waals surface area (Å²) in [4.78, 5) is 32.8. The second kappa shape index (κ2) is 9.58. The van der Waals surface area contributed by atoms with Crippen molar-refractivity contribution < 1.29 is 23.5 Å². The van der Waals surface area contributed by atoms with Crippen molar-refractivity contribution in [1.82, 2.24) is 15.3 Å². The van der Waals surface area contributed by atoms with Crippen molar-refractivity contribution in [2.75, 3.05) is 12.4 Å². The average molecular weight is 640 g/mol. The molecule has 30 heavy (non-hydrogen) atoms. The van der Waals surface area contributed by atoms with Gasteiger partial charge >= 0.3 is 1.87 Å². The van der Waals surface area contributed by atoms with E-state index in [1.54, 1.807) is 25.1 Å². The van der Waals surface area contributed by atoms with E-state index in [-0.39, 0.29) is 30.0 Å². The van der Waals surface area contributed by atoms with Gasteiger partial charge in [0.1, 0.15) is 17.2 Å². The van der Waals surface area contributed by atoms with Gasteiger partial charge in [0, 0.05) is 75.0 Å². The Balaban J connectivity index is 1.67. The zero-order valence-corrected chi connectivity index (χ0v) is 20.5. The molecule has 0 saturated heterocycles. The van der Waals surface area contributed by atoms with Gasteiger partial charge in [-0.1, -0.05) is 0 Å². The van der Waals surface area contributed by atoms with E-state index in [0.717, 1.165) is 12.8 Å². The first-order chi connectivity index (χ1) is 14.1. The third kappa shape index (κ3) is 6.62. The summed E-state index contributed by atoms with van der Waals surface area (Å²) in [7, 11) is 1.48. The number of hydrogen-bond acceptors (Lipinski definition) is 6. The first-order valence-electron chi connectivity index (χ1n) is 9.02. The number of benzene rings is 1. The fraction of sp³-hybridized carbons (Fsp3) is 0.368. The van der Waals surface area contributed by atoms with Crippen LogP contribution < -0.4 is 20.1 Å². The number of amides is 2. The number of halogens is 3. The molecule has 1 aliphatic rings. The second-order valence-electron chi connectivity index (χ2n) is 6.69. The van der Waals surface area contributed by atoms with E-state index in [2.05, 4.69) is 20.6 Å². The van der Waals surface area contributed by atoms with Crippen LogP contribution in [-0.2, 0) is 11.3 Å². The largest absolute Gasteiger partial charge is 0.496 e. The van der Waals surface area contributed by atoms with Crippen LogP contribution in [0.25, 0.3) is 0 Å². The van der Waals surface area contributed by atoms with Gasteiger partial charge in [-0.15, -0.1) is 0 Å². The van der Waals surface area contributed by atoms with E-state index in [1.165, 1.54) is 58.4 Å². The van der Waals surface area contributed by atoms with Gasteiger partial charge < -0.3 is 14.8 Å². The predicted octanol–water partition coefficient (Wildman–Crippen LogP) is 3.90. The molecule has 2 N–H and O–H groups in total. The summed E-state index contributed by atoms with van der Waals surface area (Å²) in [5.41, 5.74) is 1.38. The predicted molar refractivity (Wildman–Crippen MR) is 125 cm³/mol. The van der Waals surface area contributed by atoms with E-state index >= 15 is 0 Å². The summed E-state index contributed by atoms with van der Waals surface area (Å²) in [5.74, 6) is 0.314. The van der Waals surface area contributed by atoms with Crippen molar-refractivity contribution in [2.45, 2.75) is 28.2 Å². The first kappa shape index (κ1) is 22.9. The molecule has 2 amide bonds. The third-order valence-corrected chi connectivity index (χ3v) is 4.64. The van der Waals surface area contributed by atoms with Crippen LogP contribution in [-0.4, -0.2) is 30.8 Å². The zero-order valence-electron chi connectivity index (χ0n) is 16.2. The molecule has 1 heterocycles. The van der Waals surface area contributed by atoms with Crippen LogP contribution in [0.5, 0.6) is 11.5 Å². The van der Waals surface area contributed by atoms with Crippen molar-refractivity contribution >= 4 is 62.9 Å². The molecule has 11 heteroatoms. The van der Waals surface area contributed by atoms with Gasteiger partial charge in [-0.2, -0.15) is 4.39 Å². The number of nitrogens with one attached hydrogen (secondary N) is 2. The fourth-order valence-electron chi connectivity index (χ4n) is 2.63. The maximum atomic E-state index is 13.7. The monoisotopic (exact) mass is 640 g/mol. The Morgan fingerprint density at radius 1 is 1.27 bits per heavy atom. The Bertz CT molecular complexity index is 964. The normalized spacial score (nSPS) is 13.5. The lowest BCUT2D eigenvalue weighted by Gasteiger charge is -2.16. The average Bonchev–Trinajstić information content (AvgIpc) is 3.50. The van der Waals surface area contributed by atoms with Crippen molar-refractivity contribution in [3.8, 4) is 11.5 Å². The Kier molecular flexibility index (Phi) is 7.31. The molecule has 0 atom stereocenters. The van der Waals surface area contributed by atoms with Gasteiger partial charge in [-0.25, -0.2) is 9.97 Å². The van der Waals surface area contributed by atoms with E-state index in [9.17, 15) is 14.0 Å². The summed E-state index contributed by atoms with van der Waals surface area (Å²) in [6.45, 7) is 1.88. The summed E-state index contributed by atoms with van der Waals surface area (Å²) in [6, 6.07) is 6.36. The highest BCUT2D eigenvalue weighted by molar-refractivity contribution is 14.2. The molecule has 160 valence electrons. The van der Waals surface area contributed by atoms with E-state index in [1.807, 2.05) is 0 Å². The molecule has 0 bridgehead atoms. The lowest BCUT2D eigenvalue weighted by Crippen LogP contribution is -2.25. The second-order valence-corrected chi connectivity index (χ2v) is 11.5. The van der Waals surface area contributed by atoms with Gasteiger partial charge in [0.05, 0.1) is 7.11 Å². The van der Waals surface area contributed by atoms with Gasteiger partial charge in [-0.3, -0.25) is 14.9 Å². The van der Waals surface area contributed by atoms with Crippen LogP contribution in [0, 0.1) is 12.8 Å². The van der Waals surface area contributed by atoms with Crippen molar-refractivity contribution in [3.63, 3.8) is 0 Å². The van der Waals surface area contributed by atoms with Crippen molar-refractivity contribution in [3.05, 3.63) is 41.2 Å². The summed E-state index contributed by atoms with van der Waals surface area (Å²) in [5, 5.41) is 5.41. The zero-order chi connectivity index (χ0) is 21.9. The number of aromatic nitrogens is 2. The SMILES string of the molecule is COc1cc(OC(F)(I)I)ccc1CNC(=O)c1cc(C)nc(NC(=O)C2CC2)n1. The Morgan fingerprint density at radius 2 is 2.00 bits per heavy atom. The number of aryl methyl sites for hydroxylation is 1.